The van der Waals surface area contributed by atoms with Gasteiger partial charge in [0.25, 0.3) is 5.19 Å². The van der Waals surface area contributed by atoms with Crippen molar-refractivity contribution < 1.29 is 17.7 Å². The predicted octanol–water partition coefficient (Wildman–Crippen LogP) is 5.34. The Labute approximate surface area is 220 Å². The number of anilines is 1. The number of pyridine rings is 1. The summed E-state index contributed by atoms with van der Waals surface area (Å²) < 4.78 is 35.1. The van der Waals surface area contributed by atoms with Gasteiger partial charge in [0.15, 0.2) is 15.7 Å². The van der Waals surface area contributed by atoms with Gasteiger partial charge in [-0.2, -0.15) is 4.98 Å². The van der Waals surface area contributed by atoms with Gasteiger partial charge < -0.3 is 14.2 Å². The van der Waals surface area contributed by atoms with E-state index in [2.05, 4.69) is 40.8 Å². The first kappa shape index (κ1) is 25.6. The summed E-state index contributed by atoms with van der Waals surface area (Å²) in [6, 6.07) is 11.2. The summed E-state index contributed by atoms with van der Waals surface area (Å²) in [5.74, 6) is 1.57. The third-order valence-electron chi connectivity index (χ3n) is 6.61. The smallest absolute Gasteiger partial charge is 0.324 e. The highest BCUT2D eigenvalue weighted by molar-refractivity contribution is 7.90. The highest BCUT2D eigenvalue weighted by Crippen LogP contribution is 2.32. The van der Waals surface area contributed by atoms with Gasteiger partial charge in [0.05, 0.1) is 16.7 Å². The number of nitrogens with zero attached hydrogens (tertiary/aromatic N) is 5. The standard InChI is InChI=1S/C26H31N5O4S2/c1-16(2)23-29-25(35-30-23)31-13-11-18(12-14-31)15-17(3)34-26-28-22-10-9-21(27-24(22)36-26)19-5-7-20(8-6-19)37(4,32)33/h5-10,16-18H,11-15H2,1-4H3. The molecule has 4 heterocycles. The number of piperidine rings is 1. The molecule has 1 fully saturated rings. The summed E-state index contributed by atoms with van der Waals surface area (Å²) in [5, 5.41) is 4.69. The van der Waals surface area contributed by atoms with E-state index in [-0.39, 0.29) is 12.0 Å². The summed E-state index contributed by atoms with van der Waals surface area (Å²) in [4.78, 5) is 17.1. The molecule has 11 heteroatoms. The Kier molecular flexibility index (Phi) is 7.17. The molecule has 1 aromatic carbocycles. The maximum atomic E-state index is 11.7. The number of thiazole rings is 1. The van der Waals surface area contributed by atoms with Crippen LogP contribution in [0.5, 0.6) is 5.19 Å². The molecular formula is C26H31N5O4S2. The Bertz CT molecular complexity index is 1470. The first-order valence-corrected chi connectivity index (χ1v) is 15.2. The van der Waals surface area contributed by atoms with Crippen LogP contribution in [0.15, 0.2) is 45.8 Å². The van der Waals surface area contributed by atoms with Crippen molar-refractivity contribution in [3.8, 4) is 16.5 Å². The highest BCUT2D eigenvalue weighted by atomic mass is 32.2. The summed E-state index contributed by atoms with van der Waals surface area (Å²) in [7, 11) is -3.23. The van der Waals surface area contributed by atoms with Crippen LogP contribution in [-0.2, 0) is 9.84 Å². The number of sulfone groups is 1. The summed E-state index contributed by atoms with van der Waals surface area (Å²) in [6.07, 6.45) is 4.30. The van der Waals surface area contributed by atoms with E-state index in [0.717, 1.165) is 59.8 Å². The number of ether oxygens (including phenoxy) is 1. The largest absolute Gasteiger partial charge is 0.467 e. The van der Waals surface area contributed by atoms with Crippen molar-refractivity contribution in [1.82, 2.24) is 20.1 Å². The van der Waals surface area contributed by atoms with E-state index in [0.29, 0.717) is 22.0 Å². The summed E-state index contributed by atoms with van der Waals surface area (Å²) in [5.41, 5.74) is 2.41. The fraction of sp³-hybridized carbons (Fsp3) is 0.462. The molecule has 0 amide bonds. The molecule has 1 saturated heterocycles. The zero-order valence-corrected chi connectivity index (χ0v) is 23.1. The quantitative estimate of drug-likeness (QED) is 0.292. The fourth-order valence-corrected chi connectivity index (χ4v) is 6.03. The number of aromatic nitrogens is 4. The van der Waals surface area contributed by atoms with Crippen LogP contribution in [-0.4, -0.2) is 54.0 Å². The lowest BCUT2D eigenvalue weighted by Crippen LogP contribution is -2.35. The molecule has 196 valence electrons. The van der Waals surface area contributed by atoms with E-state index in [9.17, 15) is 8.42 Å². The SMILES string of the molecule is CC(CC1CCN(c2nc(C(C)C)no2)CC1)Oc1nc2ccc(-c3ccc(S(C)(=O)=O)cc3)nc2s1. The lowest BCUT2D eigenvalue weighted by atomic mass is 9.91. The van der Waals surface area contributed by atoms with Crippen LogP contribution in [0.2, 0.25) is 0 Å². The lowest BCUT2D eigenvalue weighted by molar-refractivity contribution is 0.173. The van der Waals surface area contributed by atoms with Gasteiger partial charge in [-0.3, -0.25) is 0 Å². The van der Waals surface area contributed by atoms with E-state index in [1.165, 1.54) is 17.6 Å². The second-order valence-corrected chi connectivity index (χ2v) is 12.9. The molecule has 3 aromatic heterocycles. The lowest BCUT2D eigenvalue weighted by Gasteiger charge is -2.31. The van der Waals surface area contributed by atoms with Crippen LogP contribution >= 0.6 is 11.3 Å². The Hall–Kier alpha value is -3.05. The normalized spacial score (nSPS) is 16.0. The first-order valence-electron chi connectivity index (χ1n) is 12.5. The molecule has 37 heavy (non-hydrogen) atoms. The van der Waals surface area contributed by atoms with Crippen molar-refractivity contribution in [2.45, 2.75) is 57.0 Å². The van der Waals surface area contributed by atoms with Gasteiger partial charge in [-0.15, -0.1) is 0 Å². The summed E-state index contributed by atoms with van der Waals surface area (Å²) >= 11 is 1.43. The van der Waals surface area contributed by atoms with Crippen molar-refractivity contribution in [2.75, 3.05) is 24.2 Å². The topological polar surface area (TPSA) is 111 Å². The van der Waals surface area contributed by atoms with E-state index in [4.69, 9.17) is 14.2 Å². The van der Waals surface area contributed by atoms with Crippen LogP contribution in [0.1, 0.15) is 51.8 Å². The van der Waals surface area contributed by atoms with Crippen LogP contribution in [0.3, 0.4) is 0 Å². The van der Waals surface area contributed by atoms with E-state index in [1.807, 2.05) is 12.1 Å². The molecule has 0 spiro atoms. The Morgan fingerprint density at radius 2 is 1.78 bits per heavy atom. The molecule has 1 unspecified atom stereocenters. The molecule has 4 aromatic rings. The molecule has 0 N–H and O–H groups in total. The Morgan fingerprint density at radius 1 is 1.05 bits per heavy atom. The van der Waals surface area contributed by atoms with Gasteiger partial charge >= 0.3 is 6.01 Å². The van der Waals surface area contributed by atoms with Gasteiger partial charge in [0.1, 0.15) is 10.3 Å². The molecule has 9 nitrogen and oxygen atoms in total. The first-order chi connectivity index (χ1) is 17.7. The zero-order chi connectivity index (χ0) is 26.2. The number of fused-ring (bicyclic) bond motifs is 1. The third kappa shape index (κ3) is 5.93. The minimum Gasteiger partial charge on any atom is -0.467 e. The number of rotatable bonds is 8. The minimum absolute atomic E-state index is 0.0380. The van der Waals surface area contributed by atoms with Gasteiger partial charge in [-0.1, -0.05) is 42.5 Å². The molecule has 5 rings (SSSR count). The Balaban J connectivity index is 1.17. The van der Waals surface area contributed by atoms with Crippen molar-refractivity contribution in [2.24, 2.45) is 5.92 Å². The molecule has 0 saturated carbocycles. The average Bonchev–Trinajstić information content (AvgIpc) is 3.51. The van der Waals surface area contributed by atoms with Crippen molar-refractivity contribution in [3.63, 3.8) is 0 Å². The molecule has 0 radical (unpaired) electrons. The zero-order valence-electron chi connectivity index (χ0n) is 21.4. The number of hydrogen-bond acceptors (Lipinski definition) is 10. The fourth-order valence-electron chi connectivity index (χ4n) is 4.52. The van der Waals surface area contributed by atoms with Crippen LogP contribution in [0.4, 0.5) is 6.01 Å². The van der Waals surface area contributed by atoms with Gasteiger partial charge in [-0.25, -0.2) is 18.4 Å². The molecule has 1 aliphatic heterocycles. The number of benzene rings is 1. The van der Waals surface area contributed by atoms with Crippen molar-refractivity contribution in [3.05, 3.63) is 42.2 Å². The molecule has 0 aliphatic carbocycles. The maximum Gasteiger partial charge on any atom is 0.324 e. The number of hydrogen-bond donors (Lipinski definition) is 0. The highest BCUT2D eigenvalue weighted by Gasteiger charge is 2.25. The van der Waals surface area contributed by atoms with Crippen LogP contribution < -0.4 is 9.64 Å². The average molecular weight is 542 g/mol. The second-order valence-electron chi connectivity index (χ2n) is 9.98. The third-order valence-corrected chi connectivity index (χ3v) is 8.60. The summed E-state index contributed by atoms with van der Waals surface area (Å²) in [6.45, 7) is 8.01. The van der Waals surface area contributed by atoms with Gasteiger partial charge in [0, 0.05) is 30.8 Å². The Morgan fingerprint density at radius 3 is 2.43 bits per heavy atom. The molecular weight excluding hydrogens is 510 g/mol. The van der Waals surface area contributed by atoms with Gasteiger partial charge in [0.2, 0.25) is 0 Å². The predicted molar refractivity (Wildman–Crippen MR) is 144 cm³/mol. The van der Waals surface area contributed by atoms with Crippen LogP contribution in [0.25, 0.3) is 21.6 Å². The second kappa shape index (κ2) is 10.4. The van der Waals surface area contributed by atoms with E-state index >= 15 is 0 Å². The van der Waals surface area contributed by atoms with Crippen molar-refractivity contribution >= 4 is 37.5 Å². The van der Waals surface area contributed by atoms with E-state index in [1.54, 1.807) is 24.3 Å². The molecule has 1 aliphatic rings. The van der Waals surface area contributed by atoms with Gasteiger partial charge in [-0.05, 0) is 56.4 Å². The molecule has 1 atom stereocenters. The minimum atomic E-state index is -3.23. The molecule has 0 bridgehead atoms. The maximum absolute atomic E-state index is 11.7. The monoisotopic (exact) mass is 541 g/mol. The van der Waals surface area contributed by atoms with Crippen LogP contribution in [0, 0.1) is 5.92 Å². The van der Waals surface area contributed by atoms with E-state index < -0.39 is 9.84 Å². The van der Waals surface area contributed by atoms with Crippen molar-refractivity contribution in [1.29, 1.82) is 0 Å².